The molecule has 0 rings (SSSR count). The highest BCUT2D eigenvalue weighted by Crippen LogP contribution is 2.49. The monoisotopic (exact) mass is 377 g/mol. The number of rotatable bonds is 10. The molecule has 0 aliphatic rings. The molecule has 0 N–H and O–H groups in total. The summed E-state index contributed by atoms with van der Waals surface area (Å²) in [6.07, 6.45) is -10.9. The average Bonchev–Trinajstić information content (AvgIpc) is 2.44. The molecular formula is C15H19F6O4-. The molecule has 0 bridgehead atoms. The molecule has 0 aromatic rings. The summed E-state index contributed by atoms with van der Waals surface area (Å²) in [6.45, 7) is 1.90. The molecule has 0 spiro atoms. The second-order valence-electron chi connectivity index (χ2n) is 5.41. The molecule has 0 aromatic heterocycles. The van der Waals surface area contributed by atoms with Gasteiger partial charge >= 0.3 is 23.9 Å². The van der Waals surface area contributed by atoms with Crippen LogP contribution >= 0.6 is 0 Å². The van der Waals surface area contributed by atoms with Gasteiger partial charge in [-0.25, -0.2) is 4.79 Å². The molecule has 4 nitrogen and oxygen atoms in total. The molecule has 0 amide bonds. The molecule has 25 heavy (non-hydrogen) atoms. The van der Waals surface area contributed by atoms with Gasteiger partial charge in [0.25, 0.3) is 0 Å². The molecule has 0 saturated heterocycles. The van der Waals surface area contributed by atoms with Crippen molar-refractivity contribution in [1.29, 1.82) is 0 Å². The van der Waals surface area contributed by atoms with E-state index in [1.165, 1.54) is 0 Å². The van der Waals surface area contributed by atoms with Crippen molar-refractivity contribution in [1.82, 2.24) is 0 Å². The molecule has 0 aliphatic carbocycles. The van der Waals surface area contributed by atoms with Gasteiger partial charge in [-0.05, 0) is 12.5 Å². The second-order valence-corrected chi connectivity index (χ2v) is 5.41. The lowest BCUT2D eigenvalue weighted by atomic mass is 9.93. The summed E-state index contributed by atoms with van der Waals surface area (Å²) in [5.41, 5.74) is -4.68. The number of carboxylic acids is 1. The molecule has 0 aliphatic heterocycles. The third-order valence-electron chi connectivity index (χ3n) is 3.43. The van der Waals surface area contributed by atoms with E-state index < -0.39 is 42.7 Å². The SMILES string of the molecule is CCCCCCCCC(OC(=O)C=CC(=O)[O-])(C(F)(F)F)C(F)(F)F. The van der Waals surface area contributed by atoms with Crippen molar-refractivity contribution in [2.75, 3.05) is 0 Å². The van der Waals surface area contributed by atoms with E-state index in [2.05, 4.69) is 4.74 Å². The van der Waals surface area contributed by atoms with Crippen LogP contribution in [0.2, 0.25) is 0 Å². The van der Waals surface area contributed by atoms with Crippen LogP contribution in [0.4, 0.5) is 26.3 Å². The number of hydrogen-bond acceptors (Lipinski definition) is 4. The minimum absolute atomic E-state index is 0.00934. The predicted octanol–water partition coefficient (Wildman–Crippen LogP) is 3.45. The molecule has 0 heterocycles. The molecule has 0 radical (unpaired) electrons. The van der Waals surface area contributed by atoms with Crippen molar-refractivity contribution in [3.8, 4) is 0 Å². The maximum Gasteiger partial charge on any atom is 0.437 e. The molecule has 0 unspecified atom stereocenters. The molecule has 0 atom stereocenters. The zero-order valence-corrected chi connectivity index (χ0v) is 13.5. The third-order valence-corrected chi connectivity index (χ3v) is 3.43. The number of aliphatic carboxylic acids is 1. The predicted molar refractivity (Wildman–Crippen MR) is 73.1 cm³/mol. The largest absolute Gasteiger partial charge is 0.545 e. The summed E-state index contributed by atoms with van der Waals surface area (Å²) in [7, 11) is 0. The van der Waals surface area contributed by atoms with Crippen molar-refractivity contribution >= 4 is 11.9 Å². The fourth-order valence-electron chi connectivity index (χ4n) is 2.11. The van der Waals surface area contributed by atoms with Crippen LogP contribution in [0.3, 0.4) is 0 Å². The van der Waals surface area contributed by atoms with Crippen LogP contribution in [0, 0.1) is 0 Å². The lowest BCUT2D eigenvalue weighted by Crippen LogP contribution is -2.59. The Kier molecular flexibility index (Phi) is 8.99. The number of hydrogen-bond donors (Lipinski definition) is 0. The Balaban J connectivity index is 5.27. The Labute approximate surface area is 140 Å². The quantitative estimate of drug-likeness (QED) is 0.253. The van der Waals surface area contributed by atoms with Crippen molar-refractivity contribution in [2.45, 2.75) is 69.8 Å². The van der Waals surface area contributed by atoms with Gasteiger partial charge in [-0.3, -0.25) is 0 Å². The minimum Gasteiger partial charge on any atom is -0.545 e. The number of halogens is 6. The Bertz CT molecular complexity index is 454. The highest BCUT2D eigenvalue weighted by Gasteiger charge is 2.73. The smallest absolute Gasteiger partial charge is 0.437 e. The van der Waals surface area contributed by atoms with E-state index in [0.29, 0.717) is 12.8 Å². The molecule has 10 heteroatoms. The van der Waals surface area contributed by atoms with Gasteiger partial charge < -0.3 is 14.6 Å². The number of carboxylic acid groups (broad SMARTS) is 1. The second kappa shape index (κ2) is 9.67. The first-order chi connectivity index (χ1) is 11.4. The van der Waals surface area contributed by atoms with Crippen molar-refractivity contribution in [3.63, 3.8) is 0 Å². The Morgan fingerprint density at radius 3 is 1.80 bits per heavy atom. The van der Waals surface area contributed by atoms with Crippen LogP contribution in [0.25, 0.3) is 0 Å². The Morgan fingerprint density at radius 2 is 1.36 bits per heavy atom. The van der Waals surface area contributed by atoms with E-state index >= 15 is 0 Å². The minimum atomic E-state index is -5.90. The average molecular weight is 377 g/mol. The zero-order chi connectivity index (χ0) is 19.7. The summed E-state index contributed by atoms with van der Waals surface area (Å²) in [6, 6.07) is 0. The van der Waals surface area contributed by atoms with Gasteiger partial charge in [0.2, 0.25) is 0 Å². The number of carbonyl (C=O) groups is 2. The first-order valence-corrected chi connectivity index (χ1v) is 7.63. The van der Waals surface area contributed by atoms with Gasteiger partial charge in [0, 0.05) is 12.5 Å². The van der Waals surface area contributed by atoms with E-state index in [4.69, 9.17) is 0 Å². The van der Waals surface area contributed by atoms with Crippen LogP contribution in [0.15, 0.2) is 12.2 Å². The maximum atomic E-state index is 13.1. The number of unbranched alkanes of at least 4 members (excludes halogenated alkanes) is 5. The van der Waals surface area contributed by atoms with Crippen LogP contribution < -0.4 is 5.11 Å². The Hall–Kier alpha value is -1.74. The normalized spacial score (nSPS) is 13.2. The highest BCUT2D eigenvalue weighted by molar-refractivity contribution is 5.90. The van der Waals surface area contributed by atoms with Crippen molar-refractivity contribution < 1.29 is 45.8 Å². The van der Waals surface area contributed by atoms with Gasteiger partial charge in [0.1, 0.15) is 0 Å². The number of ether oxygens (including phenoxy) is 1. The van der Waals surface area contributed by atoms with E-state index in [1.54, 1.807) is 0 Å². The first-order valence-electron chi connectivity index (χ1n) is 7.63. The molecule has 146 valence electrons. The fraction of sp³-hybridized carbons (Fsp3) is 0.733. The van der Waals surface area contributed by atoms with E-state index in [9.17, 15) is 41.0 Å². The summed E-state index contributed by atoms with van der Waals surface area (Å²) < 4.78 is 82.3. The summed E-state index contributed by atoms with van der Waals surface area (Å²) in [4.78, 5) is 21.3. The topological polar surface area (TPSA) is 66.4 Å². The van der Waals surface area contributed by atoms with Crippen molar-refractivity contribution in [2.24, 2.45) is 0 Å². The molecule has 0 saturated carbocycles. The standard InChI is InChI=1S/C15H20F6O4/c1-2-3-4-5-6-7-10-13(14(16,17)18,15(19,20)21)25-12(24)9-8-11(22)23/h8-9H,2-7,10H2,1H3,(H,22,23)/p-1. The maximum absolute atomic E-state index is 13.1. The molecular weight excluding hydrogens is 358 g/mol. The first kappa shape index (κ1) is 23.3. The van der Waals surface area contributed by atoms with Crippen LogP contribution in [0.1, 0.15) is 51.9 Å². The zero-order valence-electron chi connectivity index (χ0n) is 13.5. The van der Waals surface area contributed by atoms with Crippen LogP contribution in [0.5, 0.6) is 0 Å². The molecule has 0 aromatic carbocycles. The van der Waals surface area contributed by atoms with Gasteiger partial charge in [0.15, 0.2) is 0 Å². The van der Waals surface area contributed by atoms with Crippen molar-refractivity contribution in [3.05, 3.63) is 12.2 Å². The summed E-state index contributed by atoms with van der Waals surface area (Å²) in [5, 5.41) is 10.1. The van der Waals surface area contributed by atoms with Crippen LogP contribution in [-0.4, -0.2) is 29.9 Å². The van der Waals surface area contributed by atoms with Crippen LogP contribution in [-0.2, 0) is 14.3 Å². The Morgan fingerprint density at radius 1 is 0.880 bits per heavy atom. The van der Waals surface area contributed by atoms with Gasteiger partial charge in [-0.15, -0.1) is 0 Å². The highest BCUT2D eigenvalue weighted by atomic mass is 19.4. The number of esters is 1. The molecule has 0 fully saturated rings. The lowest BCUT2D eigenvalue weighted by Gasteiger charge is -2.36. The third kappa shape index (κ3) is 7.35. The summed E-state index contributed by atoms with van der Waals surface area (Å²) in [5.74, 6) is -4.03. The van der Waals surface area contributed by atoms with E-state index in [-0.39, 0.29) is 18.6 Å². The van der Waals surface area contributed by atoms with Gasteiger partial charge in [0.05, 0.1) is 5.97 Å². The number of alkyl halides is 6. The van der Waals surface area contributed by atoms with Gasteiger partial charge in [-0.2, -0.15) is 26.3 Å². The summed E-state index contributed by atoms with van der Waals surface area (Å²) >= 11 is 0. The fourth-order valence-corrected chi connectivity index (χ4v) is 2.11. The van der Waals surface area contributed by atoms with E-state index in [1.807, 2.05) is 6.92 Å². The van der Waals surface area contributed by atoms with E-state index in [0.717, 1.165) is 12.8 Å². The lowest BCUT2D eigenvalue weighted by molar-refractivity contribution is -0.370. The number of carbonyl (C=O) groups excluding carboxylic acids is 2. The van der Waals surface area contributed by atoms with Gasteiger partial charge in [-0.1, -0.05) is 39.0 Å².